The van der Waals surface area contributed by atoms with Crippen molar-refractivity contribution in [3.8, 4) is 11.4 Å². The summed E-state index contributed by atoms with van der Waals surface area (Å²) in [5.74, 6) is 0.599. The molecule has 0 radical (unpaired) electrons. The largest absolute Gasteiger partial charge is 0.293 e. The highest BCUT2D eigenvalue weighted by atomic mass is 19.1. The van der Waals surface area contributed by atoms with Crippen LogP contribution in [-0.2, 0) is 7.05 Å². The van der Waals surface area contributed by atoms with Crippen molar-refractivity contribution in [1.82, 2.24) is 14.2 Å². The number of fused-ring (bicyclic) bond motifs is 1. The first kappa shape index (κ1) is 17.4. The average molecular weight is 341 g/mol. The second-order valence-electron chi connectivity index (χ2n) is 6.66. The van der Waals surface area contributed by atoms with Gasteiger partial charge in [-0.2, -0.15) is 0 Å². The molecule has 2 heterocycles. The Kier molecular flexibility index (Phi) is 4.50. The lowest BCUT2D eigenvalue weighted by Gasteiger charge is -2.14. The molecule has 0 bridgehead atoms. The Morgan fingerprint density at radius 3 is 2.44 bits per heavy atom. The third-order valence-corrected chi connectivity index (χ3v) is 5.06. The van der Waals surface area contributed by atoms with Crippen LogP contribution >= 0.6 is 0 Å². The molecule has 0 aliphatic heterocycles. The van der Waals surface area contributed by atoms with E-state index in [-0.39, 0.29) is 11.4 Å². The fraction of sp³-hybridized carbons (Fsp3) is 0.400. The van der Waals surface area contributed by atoms with Crippen molar-refractivity contribution in [3.63, 3.8) is 0 Å². The van der Waals surface area contributed by atoms with Crippen LogP contribution in [0.25, 0.3) is 16.9 Å². The van der Waals surface area contributed by atoms with Crippen molar-refractivity contribution in [2.45, 2.75) is 46.5 Å². The van der Waals surface area contributed by atoms with Gasteiger partial charge in [0, 0.05) is 18.3 Å². The van der Waals surface area contributed by atoms with Crippen molar-refractivity contribution in [1.29, 1.82) is 0 Å². The number of aromatic nitrogens is 3. The lowest BCUT2D eigenvalue weighted by Crippen LogP contribution is -2.24. The van der Waals surface area contributed by atoms with E-state index in [9.17, 15) is 9.18 Å². The SMILES string of the molecule is CCC(CC)c1cc(C)n2nc(-c3ccc(F)cc3C)n(C)c(=O)c12. The summed E-state index contributed by atoms with van der Waals surface area (Å²) in [5.41, 5.74) is 4.11. The van der Waals surface area contributed by atoms with Crippen LogP contribution in [0.1, 0.15) is 49.4 Å². The minimum atomic E-state index is -0.291. The highest BCUT2D eigenvalue weighted by Crippen LogP contribution is 2.29. The van der Waals surface area contributed by atoms with E-state index in [0.717, 1.165) is 35.2 Å². The fourth-order valence-electron chi connectivity index (χ4n) is 3.57. The van der Waals surface area contributed by atoms with Crippen molar-refractivity contribution < 1.29 is 4.39 Å². The predicted octanol–water partition coefficient (Wildman–Crippen LogP) is 4.36. The molecule has 0 fully saturated rings. The first-order valence-electron chi connectivity index (χ1n) is 8.74. The van der Waals surface area contributed by atoms with E-state index in [2.05, 4.69) is 19.9 Å². The Labute approximate surface area is 146 Å². The monoisotopic (exact) mass is 341 g/mol. The molecule has 0 N–H and O–H groups in total. The van der Waals surface area contributed by atoms with Crippen molar-refractivity contribution in [2.75, 3.05) is 0 Å². The van der Waals surface area contributed by atoms with Crippen LogP contribution in [0, 0.1) is 19.7 Å². The minimum Gasteiger partial charge on any atom is -0.293 e. The molecule has 0 saturated carbocycles. The summed E-state index contributed by atoms with van der Waals surface area (Å²) in [6, 6.07) is 6.61. The molecule has 5 heteroatoms. The molecule has 0 aliphatic rings. The molecule has 0 spiro atoms. The summed E-state index contributed by atoms with van der Waals surface area (Å²) in [7, 11) is 1.73. The number of nitrogens with zero attached hydrogens (tertiary/aromatic N) is 3. The molecule has 1 aromatic carbocycles. The van der Waals surface area contributed by atoms with E-state index in [4.69, 9.17) is 5.10 Å². The lowest BCUT2D eigenvalue weighted by atomic mass is 9.95. The van der Waals surface area contributed by atoms with Gasteiger partial charge >= 0.3 is 0 Å². The van der Waals surface area contributed by atoms with Crippen molar-refractivity contribution in [3.05, 3.63) is 57.3 Å². The molecule has 0 saturated heterocycles. The molecule has 0 amide bonds. The molecule has 3 rings (SSSR count). The summed E-state index contributed by atoms with van der Waals surface area (Å²) in [6.07, 6.45) is 1.97. The third-order valence-electron chi connectivity index (χ3n) is 5.06. The summed E-state index contributed by atoms with van der Waals surface area (Å²) in [6.45, 7) is 8.07. The topological polar surface area (TPSA) is 39.3 Å². The zero-order chi connectivity index (χ0) is 18.3. The maximum Gasteiger partial charge on any atom is 0.278 e. The number of hydrogen-bond donors (Lipinski definition) is 0. The van der Waals surface area contributed by atoms with E-state index < -0.39 is 0 Å². The van der Waals surface area contributed by atoms with Gasteiger partial charge < -0.3 is 0 Å². The summed E-state index contributed by atoms with van der Waals surface area (Å²) < 4.78 is 16.8. The standard InChI is InChI=1S/C20H24FN3O/c1-6-14(7-2)17-11-13(4)24-18(17)20(25)23(5)19(22-24)16-9-8-15(21)10-12(16)3/h8-11,14H,6-7H2,1-5H3. The predicted molar refractivity (Wildman–Crippen MR) is 98.6 cm³/mol. The molecule has 4 nitrogen and oxygen atoms in total. The van der Waals surface area contributed by atoms with Gasteiger partial charge in [0.2, 0.25) is 0 Å². The molecule has 0 aliphatic carbocycles. The summed E-state index contributed by atoms with van der Waals surface area (Å²) >= 11 is 0. The van der Waals surface area contributed by atoms with Crippen LogP contribution in [-0.4, -0.2) is 14.2 Å². The quantitative estimate of drug-likeness (QED) is 0.707. The molecule has 0 unspecified atom stereocenters. The van der Waals surface area contributed by atoms with E-state index in [1.54, 1.807) is 22.2 Å². The van der Waals surface area contributed by atoms with E-state index in [0.29, 0.717) is 17.3 Å². The lowest BCUT2D eigenvalue weighted by molar-refractivity contribution is 0.626. The zero-order valence-corrected chi connectivity index (χ0v) is 15.4. The van der Waals surface area contributed by atoms with Crippen LogP contribution in [0.4, 0.5) is 4.39 Å². The van der Waals surface area contributed by atoms with E-state index in [1.165, 1.54) is 12.1 Å². The normalized spacial score (nSPS) is 11.6. The Bertz CT molecular complexity index is 996. The first-order chi connectivity index (χ1) is 11.9. The number of aryl methyl sites for hydroxylation is 2. The highest BCUT2D eigenvalue weighted by Gasteiger charge is 2.21. The Hall–Kier alpha value is -2.43. The van der Waals surface area contributed by atoms with Gasteiger partial charge in [-0.25, -0.2) is 8.91 Å². The van der Waals surface area contributed by atoms with Gasteiger partial charge in [-0.1, -0.05) is 13.8 Å². The Morgan fingerprint density at radius 1 is 1.16 bits per heavy atom. The molecule has 25 heavy (non-hydrogen) atoms. The average Bonchev–Trinajstić information content (AvgIpc) is 2.89. The second kappa shape index (κ2) is 6.47. The van der Waals surface area contributed by atoms with Crippen LogP contribution < -0.4 is 5.56 Å². The van der Waals surface area contributed by atoms with Crippen LogP contribution in [0.2, 0.25) is 0 Å². The molecule has 0 atom stereocenters. The van der Waals surface area contributed by atoms with Crippen LogP contribution in [0.5, 0.6) is 0 Å². The summed E-state index contributed by atoms with van der Waals surface area (Å²) in [4.78, 5) is 13.1. The first-order valence-corrected chi connectivity index (χ1v) is 8.74. The molecule has 3 aromatic rings. The minimum absolute atomic E-state index is 0.0660. The Morgan fingerprint density at radius 2 is 1.84 bits per heavy atom. The highest BCUT2D eigenvalue weighted by molar-refractivity contribution is 5.63. The third kappa shape index (κ3) is 2.77. The maximum atomic E-state index is 13.4. The smallest absolute Gasteiger partial charge is 0.278 e. The van der Waals surface area contributed by atoms with Crippen LogP contribution in [0.15, 0.2) is 29.1 Å². The van der Waals surface area contributed by atoms with E-state index in [1.807, 2.05) is 13.8 Å². The van der Waals surface area contributed by atoms with Crippen LogP contribution in [0.3, 0.4) is 0 Å². The van der Waals surface area contributed by atoms with Gasteiger partial charge in [0.1, 0.15) is 11.3 Å². The fourth-order valence-corrected chi connectivity index (χ4v) is 3.57. The number of rotatable bonds is 4. The molecule has 132 valence electrons. The van der Waals surface area contributed by atoms with Gasteiger partial charge in [-0.3, -0.25) is 9.36 Å². The van der Waals surface area contributed by atoms with Gasteiger partial charge in [-0.15, -0.1) is 5.10 Å². The zero-order valence-electron chi connectivity index (χ0n) is 15.4. The van der Waals surface area contributed by atoms with Gasteiger partial charge in [0.25, 0.3) is 5.56 Å². The van der Waals surface area contributed by atoms with Gasteiger partial charge in [-0.05, 0) is 68.0 Å². The summed E-state index contributed by atoms with van der Waals surface area (Å²) in [5, 5.41) is 4.72. The number of halogens is 1. The van der Waals surface area contributed by atoms with Gasteiger partial charge in [0.15, 0.2) is 5.82 Å². The number of hydrogen-bond acceptors (Lipinski definition) is 2. The molecule has 2 aromatic heterocycles. The number of benzene rings is 1. The molecular weight excluding hydrogens is 317 g/mol. The molecular formula is C20H24FN3O. The van der Waals surface area contributed by atoms with Crippen molar-refractivity contribution >= 4 is 5.52 Å². The van der Waals surface area contributed by atoms with Gasteiger partial charge in [0.05, 0.1) is 0 Å². The Balaban J connectivity index is 2.34. The van der Waals surface area contributed by atoms with E-state index >= 15 is 0 Å². The second-order valence-corrected chi connectivity index (χ2v) is 6.66. The maximum absolute atomic E-state index is 13.4. The van der Waals surface area contributed by atoms with Crippen molar-refractivity contribution in [2.24, 2.45) is 7.05 Å².